The van der Waals surface area contributed by atoms with Crippen molar-refractivity contribution in [3.8, 4) is 0 Å². The monoisotopic (exact) mass is 414 g/mol. The molecule has 0 saturated heterocycles. The molecule has 0 spiro atoms. The first-order chi connectivity index (χ1) is 13.4. The van der Waals surface area contributed by atoms with Crippen molar-refractivity contribution in [2.45, 2.75) is 25.2 Å². The van der Waals surface area contributed by atoms with E-state index in [0.29, 0.717) is 6.54 Å². The standard InChI is InChI=1S/C22H27N3OS2/c1-15-11-12-19-20(16(15)2)23-22(28-19)25(14-8-13-24(3)4)21(26)17-9-6-7-10-18(17)27-5/h6-7,9-12H,8,13-14H2,1-5H3/p+1. The minimum absolute atomic E-state index is 0.0344. The van der Waals surface area contributed by atoms with Gasteiger partial charge in [-0.25, -0.2) is 4.98 Å². The lowest BCUT2D eigenvalue weighted by Crippen LogP contribution is -3.05. The third-order valence-corrected chi connectivity index (χ3v) is 6.78. The number of thioether (sulfide) groups is 1. The molecule has 1 aromatic heterocycles. The van der Waals surface area contributed by atoms with Crippen LogP contribution >= 0.6 is 23.1 Å². The van der Waals surface area contributed by atoms with E-state index < -0.39 is 0 Å². The highest BCUT2D eigenvalue weighted by atomic mass is 32.2. The fourth-order valence-corrected chi connectivity index (χ4v) is 4.81. The summed E-state index contributed by atoms with van der Waals surface area (Å²) in [5.41, 5.74) is 4.18. The van der Waals surface area contributed by atoms with Crippen molar-refractivity contribution in [3.63, 3.8) is 0 Å². The SMILES string of the molecule is CSc1ccccc1C(=O)N(CCC[NH+](C)C)c1nc2c(C)c(C)ccc2s1. The average molecular weight is 415 g/mol. The minimum atomic E-state index is 0.0344. The van der Waals surface area contributed by atoms with Gasteiger partial charge in [-0.15, -0.1) is 11.8 Å². The van der Waals surface area contributed by atoms with Crippen molar-refractivity contribution in [1.82, 2.24) is 4.98 Å². The lowest BCUT2D eigenvalue weighted by molar-refractivity contribution is -0.858. The van der Waals surface area contributed by atoms with Crippen LogP contribution in [0.3, 0.4) is 0 Å². The van der Waals surface area contributed by atoms with Crippen molar-refractivity contribution >= 4 is 44.4 Å². The van der Waals surface area contributed by atoms with Crippen molar-refractivity contribution in [1.29, 1.82) is 0 Å². The summed E-state index contributed by atoms with van der Waals surface area (Å²) in [5, 5.41) is 0.790. The smallest absolute Gasteiger partial charge is 0.261 e. The predicted molar refractivity (Wildman–Crippen MR) is 121 cm³/mol. The van der Waals surface area contributed by atoms with Crippen LogP contribution in [0.2, 0.25) is 0 Å². The number of fused-ring (bicyclic) bond motifs is 1. The molecule has 0 bridgehead atoms. The number of quaternary nitrogens is 1. The number of nitrogens with zero attached hydrogens (tertiary/aromatic N) is 2. The predicted octanol–water partition coefficient (Wildman–Crippen LogP) is 3.82. The van der Waals surface area contributed by atoms with Gasteiger partial charge in [-0.3, -0.25) is 9.69 Å². The fraction of sp³-hybridized carbons (Fsp3) is 0.364. The summed E-state index contributed by atoms with van der Waals surface area (Å²) < 4.78 is 1.13. The lowest BCUT2D eigenvalue weighted by atomic mass is 10.1. The zero-order valence-electron chi connectivity index (χ0n) is 17.2. The number of benzene rings is 2. The molecule has 1 heterocycles. The van der Waals surface area contributed by atoms with Gasteiger partial charge in [0.25, 0.3) is 5.91 Å². The first kappa shape index (κ1) is 20.8. The van der Waals surface area contributed by atoms with E-state index in [9.17, 15) is 4.79 Å². The number of carbonyl (C=O) groups is 1. The van der Waals surface area contributed by atoms with Crippen LogP contribution in [0.5, 0.6) is 0 Å². The Bertz CT molecular complexity index is 981. The summed E-state index contributed by atoms with van der Waals surface area (Å²) >= 11 is 3.21. The molecule has 1 amide bonds. The van der Waals surface area contributed by atoms with E-state index in [-0.39, 0.29) is 5.91 Å². The summed E-state index contributed by atoms with van der Waals surface area (Å²) in [4.78, 5) is 22.6. The maximum Gasteiger partial charge on any atom is 0.261 e. The Morgan fingerprint density at radius 2 is 1.93 bits per heavy atom. The summed E-state index contributed by atoms with van der Waals surface area (Å²) in [6.07, 6.45) is 2.94. The van der Waals surface area contributed by atoms with Gasteiger partial charge in [-0.2, -0.15) is 0 Å². The quantitative estimate of drug-likeness (QED) is 0.597. The molecule has 3 rings (SSSR count). The van der Waals surface area contributed by atoms with E-state index in [2.05, 4.69) is 40.1 Å². The molecule has 0 aliphatic carbocycles. The topological polar surface area (TPSA) is 37.6 Å². The van der Waals surface area contributed by atoms with Crippen molar-refractivity contribution in [2.24, 2.45) is 0 Å². The van der Waals surface area contributed by atoms with Crippen LogP contribution in [0.15, 0.2) is 41.3 Å². The van der Waals surface area contributed by atoms with Crippen LogP contribution in [0.4, 0.5) is 5.13 Å². The number of anilines is 1. The van der Waals surface area contributed by atoms with Gasteiger partial charge < -0.3 is 4.90 Å². The van der Waals surface area contributed by atoms with Crippen LogP contribution < -0.4 is 9.80 Å². The van der Waals surface area contributed by atoms with E-state index in [1.807, 2.05) is 35.4 Å². The zero-order valence-corrected chi connectivity index (χ0v) is 18.8. The second-order valence-electron chi connectivity index (χ2n) is 7.32. The number of aromatic nitrogens is 1. The minimum Gasteiger partial charge on any atom is -0.340 e. The van der Waals surface area contributed by atoms with Crippen LogP contribution in [0, 0.1) is 13.8 Å². The highest BCUT2D eigenvalue weighted by Crippen LogP contribution is 2.33. The van der Waals surface area contributed by atoms with Gasteiger partial charge in [-0.1, -0.05) is 29.5 Å². The summed E-state index contributed by atoms with van der Waals surface area (Å²) in [5.74, 6) is 0.0344. The number of amides is 1. The lowest BCUT2D eigenvalue weighted by Gasteiger charge is -2.21. The molecule has 6 heteroatoms. The number of thiazole rings is 1. The Balaban J connectivity index is 2.01. The molecule has 0 aliphatic heterocycles. The van der Waals surface area contributed by atoms with Crippen molar-refractivity contribution in [2.75, 3.05) is 38.3 Å². The molecule has 28 heavy (non-hydrogen) atoms. The third kappa shape index (κ3) is 4.40. The van der Waals surface area contributed by atoms with Crippen molar-refractivity contribution in [3.05, 3.63) is 53.1 Å². The van der Waals surface area contributed by atoms with Gasteiger partial charge in [-0.05, 0) is 49.4 Å². The molecule has 4 nitrogen and oxygen atoms in total. The first-order valence-electron chi connectivity index (χ1n) is 9.53. The van der Waals surface area contributed by atoms with E-state index in [0.717, 1.165) is 38.8 Å². The highest BCUT2D eigenvalue weighted by Gasteiger charge is 2.23. The normalized spacial score (nSPS) is 11.4. The second-order valence-corrected chi connectivity index (χ2v) is 9.18. The van der Waals surface area contributed by atoms with Gasteiger partial charge in [0.05, 0.1) is 36.4 Å². The molecule has 0 radical (unpaired) electrons. The molecular weight excluding hydrogens is 386 g/mol. The number of aryl methyl sites for hydroxylation is 2. The van der Waals surface area contributed by atoms with E-state index in [4.69, 9.17) is 4.98 Å². The summed E-state index contributed by atoms with van der Waals surface area (Å²) in [6.45, 7) is 5.89. The van der Waals surface area contributed by atoms with E-state index >= 15 is 0 Å². The number of rotatable bonds is 7. The second kappa shape index (κ2) is 9.07. The molecular formula is C22H28N3OS2+. The van der Waals surface area contributed by atoms with Crippen LogP contribution in [-0.2, 0) is 0 Å². The average Bonchev–Trinajstić information content (AvgIpc) is 3.12. The Morgan fingerprint density at radius 3 is 2.64 bits per heavy atom. The van der Waals surface area contributed by atoms with Gasteiger partial charge in [0.2, 0.25) is 0 Å². The first-order valence-corrected chi connectivity index (χ1v) is 11.6. The van der Waals surface area contributed by atoms with Gasteiger partial charge in [0, 0.05) is 17.9 Å². The molecule has 148 valence electrons. The van der Waals surface area contributed by atoms with Gasteiger partial charge in [0.15, 0.2) is 5.13 Å². The van der Waals surface area contributed by atoms with Crippen LogP contribution in [0.25, 0.3) is 10.2 Å². The molecule has 3 aromatic rings. The van der Waals surface area contributed by atoms with Crippen molar-refractivity contribution < 1.29 is 9.69 Å². The maximum atomic E-state index is 13.5. The molecule has 0 saturated carbocycles. The summed E-state index contributed by atoms with van der Waals surface area (Å²) in [6, 6.07) is 12.1. The Morgan fingerprint density at radius 1 is 1.18 bits per heavy atom. The van der Waals surface area contributed by atoms with Crippen LogP contribution in [0.1, 0.15) is 27.9 Å². The molecule has 0 unspecified atom stereocenters. The number of hydrogen-bond donors (Lipinski definition) is 1. The van der Waals surface area contributed by atoms with Crippen LogP contribution in [-0.4, -0.2) is 44.3 Å². The molecule has 0 atom stereocenters. The molecule has 0 fully saturated rings. The maximum absolute atomic E-state index is 13.5. The zero-order chi connectivity index (χ0) is 20.3. The number of nitrogens with one attached hydrogen (secondary N) is 1. The number of hydrogen-bond acceptors (Lipinski definition) is 4. The molecule has 2 aromatic carbocycles. The Hall–Kier alpha value is -1.89. The largest absolute Gasteiger partial charge is 0.340 e. The van der Waals surface area contributed by atoms with E-state index in [1.54, 1.807) is 23.1 Å². The Labute approximate surface area is 175 Å². The highest BCUT2D eigenvalue weighted by molar-refractivity contribution is 7.98. The summed E-state index contributed by atoms with van der Waals surface area (Å²) in [7, 11) is 4.28. The number of carbonyl (C=O) groups excluding carboxylic acids is 1. The molecule has 1 N–H and O–H groups in total. The molecule has 0 aliphatic rings. The van der Waals surface area contributed by atoms with Gasteiger partial charge >= 0.3 is 0 Å². The third-order valence-electron chi connectivity index (χ3n) is 4.95. The Kier molecular flexibility index (Phi) is 6.75. The van der Waals surface area contributed by atoms with Gasteiger partial charge in [0.1, 0.15) is 0 Å². The fourth-order valence-electron chi connectivity index (χ4n) is 3.17. The van der Waals surface area contributed by atoms with E-state index in [1.165, 1.54) is 16.0 Å².